The summed E-state index contributed by atoms with van der Waals surface area (Å²) < 4.78 is 10.4. The third-order valence-electron chi connectivity index (χ3n) is 1.14. The maximum absolute atomic E-state index is 5.24. The maximum Gasteiger partial charge on any atom is 0.115 e. The van der Waals surface area contributed by atoms with Crippen LogP contribution in [0.2, 0.25) is 0 Å². The third kappa shape index (κ3) is 7.38. The van der Waals surface area contributed by atoms with Crippen molar-refractivity contribution in [2.45, 2.75) is 33.0 Å². The monoisotopic (exact) mass is 156 g/mol. The van der Waals surface area contributed by atoms with E-state index in [4.69, 9.17) is 15.9 Å². The number of ether oxygens (including phenoxy) is 2. The molecule has 1 atom stereocenters. The summed E-state index contributed by atoms with van der Waals surface area (Å²) in [6, 6.07) is 0. The van der Waals surface area contributed by atoms with Crippen LogP contribution in [-0.4, -0.2) is 25.4 Å². The highest BCUT2D eigenvalue weighted by molar-refractivity contribution is 4.91. The second-order valence-electron chi connectivity index (χ2n) is 2.60. The number of terminal acetylenes is 1. The fourth-order valence-electron chi connectivity index (χ4n) is 0.557. The first kappa shape index (κ1) is 10.5. The van der Waals surface area contributed by atoms with Crippen molar-refractivity contribution in [1.82, 2.24) is 0 Å². The standard InChI is InChI=1S/C9H16O2/c1-5-9(4)11-7-6-10-8(2)3/h1,8-9H,6-7H2,2-4H3. The molecule has 0 aliphatic rings. The minimum absolute atomic E-state index is 0.106. The van der Waals surface area contributed by atoms with Crippen molar-refractivity contribution >= 4 is 0 Å². The lowest BCUT2D eigenvalue weighted by molar-refractivity contribution is 0.00864. The molecule has 0 saturated carbocycles. The zero-order valence-electron chi connectivity index (χ0n) is 7.46. The minimum Gasteiger partial charge on any atom is -0.376 e. The average Bonchev–Trinajstić information content (AvgIpc) is 1.97. The highest BCUT2D eigenvalue weighted by Gasteiger charge is 1.96. The van der Waals surface area contributed by atoms with Gasteiger partial charge in [0, 0.05) is 0 Å². The molecule has 0 fully saturated rings. The van der Waals surface area contributed by atoms with Crippen LogP contribution in [0.5, 0.6) is 0 Å². The predicted octanol–water partition coefficient (Wildman–Crippen LogP) is 1.45. The summed E-state index contributed by atoms with van der Waals surface area (Å²) in [4.78, 5) is 0. The van der Waals surface area contributed by atoms with Crippen LogP contribution >= 0.6 is 0 Å². The Bertz CT molecular complexity index is 124. The highest BCUT2D eigenvalue weighted by Crippen LogP contribution is 1.90. The van der Waals surface area contributed by atoms with Gasteiger partial charge in [-0.3, -0.25) is 0 Å². The summed E-state index contributed by atoms with van der Waals surface area (Å²) in [5, 5.41) is 0. The van der Waals surface area contributed by atoms with Crippen LogP contribution in [-0.2, 0) is 9.47 Å². The van der Waals surface area contributed by atoms with Crippen LogP contribution in [0.4, 0.5) is 0 Å². The average molecular weight is 156 g/mol. The molecular weight excluding hydrogens is 140 g/mol. The number of hydrogen-bond donors (Lipinski definition) is 0. The number of rotatable bonds is 5. The topological polar surface area (TPSA) is 18.5 Å². The van der Waals surface area contributed by atoms with Crippen LogP contribution in [0, 0.1) is 12.3 Å². The fraction of sp³-hybridized carbons (Fsp3) is 0.778. The van der Waals surface area contributed by atoms with Gasteiger partial charge < -0.3 is 9.47 Å². The van der Waals surface area contributed by atoms with Crippen LogP contribution in [0.1, 0.15) is 20.8 Å². The van der Waals surface area contributed by atoms with Crippen LogP contribution in [0.25, 0.3) is 0 Å². The van der Waals surface area contributed by atoms with Crippen molar-refractivity contribution < 1.29 is 9.47 Å². The molecule has 0 aromatic rings. The van der Waals surface area contributed by atoms with E-state index in [1.165, 1.54) is 0 Å². The molecule has 0 saturated heterocycles. The highest BCUT2D eigenvalue weighted by atomic mass is 16.5. The Morgan fingerprint density at radius 2 is 1.73 bits per heavy atom. The molecule has 0 aromatic heterocycles. The quantitative estimate of drug-likeness (QED) is 0.443. The SMILES string of the molecule is C#CC(C)OCCOC(C)C. The molecule has 0 heterocycles. The molecule has 0 rings (SSSR count). The minimum atomic E-state index is -0.106. The van der Waals surface area contributed by atoms with Gasteiger partial charge in [0.05, 0.1) is 19.3 Å². The van der Waals surface area contributed by atoms with E-state index < -0.39 is 0 Å². The fourth-order valence-corrected chi connectivity index (χ4v) is 0.557. The van der Waals surface area contributed by atoms with Gasteiger partial charge in [0.15, 0.2) is 0 Å². The van der Waals surface area contributed by atoms with Gasteiger partial charge in [-0.25, -0.2) is 0 Å². The normalized spacial score (nSPS) is 13.0. The van der Waals surface area contributed by atoms with Gasteiger partial charge >= 0.3 is 0 Å². The van der Waals surface area contributed by atoms with Crippen molar-refractivity contribution in [3.05, 3.63) is 0 Å². The van der Waals surface area contributed by atoms with Gasteiger partial charge in [-0.15, -0.1) is 6.42 Å². The van der Waals surface area contributed by atoms with Gasteiger partial charge in [-0.1, -0.05) is 5.92 Å². The molecule has 0 spiro atoms. The molecule has 0 aromatic carbocycles. The Balaban J connectivity index is 3.10. The summed E-state index contributed by atoms with van der Waals surface area (Å²) >= 11 is 0. The van der Waals surface area contributed by atoms with E-state index in [1.807, 2.05) is 20.8 Å². The smallest absolute Gasteiger partial charge is 0.115 e. The lowest BCUT2D eigenvalue weighted by Crippen LogP contribution is -2.13. The molecule has 0 bridgehead atoms. The molecule has 64 valence electrons. The van der Waals surface area contributed by atoms with Crippen molar-refractivity contribution in [2.24, 2.45) is 0 Å². The largest absolute Gasteiger partial charge is 0.376 e. The second-order valence-corrected chi connectivity index (χ2v) is 2.60. The molecule has 0 aliphatic heterocycles. The predicted molar refractivity (Wildman–Crippen MR) is 45.3 cm³/mol. The molecule has 2 heteroatoms. The van der Waals surface area contributed by atoms with E-state index in [9.17, 15) is 0 Å². The Morgan fingerprint density at radius 3 is 2.18 bits per heavy atom. The second kappa shape index (κ2) is 6.21. The van der Waals surface area contributed by atoms with Crippen LogP contribution in [0.3, 0.4) is 0 Å². The zero-order valence-corrected chi connectivity index (χ0v) is 7.46. The van der Waals surface area contributed by atoms with E-state index in [2.05, 4.69) is 5.92 Å². The summed E-state index contributed by atoms with van der Waals surface area (Å²) in [6.45, 7) is 7.01. The Hall–Kier alpha value is -0.520. The van der Waals surface area contributed by atoms with Gasteiger partial charge in [0.25, 0.3) is 0 Å². The van der Waals surface area contributed by atoms with Gasteiger partial charge in [0.1, 0.15) is 6.10 Å². The molecule has 0 aliphatic carbocycles. The number of hydrogen-bond acceptors (Lipinski definition) is 2. The molecule has 0 radical (unpaired) electrons. The lowest BCUT2D eigenvalue weighted by Gasteiger charge is -2.09. The van der Waals surface area contributed by atoms with Crippen molar-refractivity contribution in [3.8, 4) is 12.3 Å². The Labute approximate surface area is 68.9 Å². The zero-order chi connectivity index (χ0) is 8.69. The summed E-state index contributed by atoms with van der Waals surface area (Å²) in [6.07, 6.45) is 5.26. The van der Waals surface area contributed by atoms with Crippen LogP contribution < -0.4 is 0 Å². The Kier molecular flexibility index (Phi) is 5.91. The molecule has 0 N–H and O–H groups in total. The third-order valence-corrected chi connectivity index (χ3v) is 1.14. The van der Waals surface area contributed by atoms with E-state index in [0.717, 1.165) is 0 Å². The first-order valence-corrected chi connectivity index (χ1v) is 3.86. The molecule has 0 amide bonds. The molecule has 2 nitrogen and oxygen atoms in total. The van der Waals surface area contributed by atoms with Crippen molar-refractivity contribution in [1.29, 1.82) is 0 Å². The van der Waals surface area contributed by atoms with E-state index in [1.54, 1.807) is 0 Å². The summed E-state index contributed by atoms with van der Waals surface area (Å²) in [7, 11) is 0. The molecule has 1 unspecified atom stereocenters. The first-order valence-electron chi connectivity index (χ1n) is 3.86. The van der Waals surface area contributed by atoms with E-state index in [0.29, 0.717) is 13.2 Å². The van der Waals surface area contributed by atoms with E-state index in [-0.39, 0.29) is 12.2 Å². The Morgan fingerprint density at radius 1 is 1.18 bits per heavy atom. The van der Waals surface area contributed by atoms with Gasteiger partial charge in [-0.2, -0.15) is 0 Å². The molecular formula is C9H16O2. The maximum atomic E-state index is 5.24. The molecule has 11 heavy (non-hydrogen) atoms. The van der Waals surface area contributed by atoms with Crippen molar-refractivity contribution in [2.75, 3.05) is 13.2 Å². The first-order chi connectivity index (χ1) is 5.16. The summed E-state index contributed by atoms with van der Waals surface area (Å²) in [5.74, 6) is 2.48. The lowest BCUT2D eigenvalue weighted by atomic mass is 10.4. The van der Waals surface area contributed by atoms with Gasteiger partial charge in [0.2, 0.25) is 0 Å². The van der Waals surface area contributed by atoms with Crippen LogP contribution in [0.15, 0.2) is 0 Å². The van der Waals surface area contributed by atoms with Gasteiger partial charge in [-0.05, 0) is 20.8 Å². The van der Waals surface area contributed by atoms with Crippen molar-refractivity contribution in [3.63, 3.8) is 0 Å². The van der Waals surface area contributed by atoms with E-state index >= 15 is 0 Å². The summed E-state index contributed by atoms with van der Waals surface area (Å²) in [5.41, 5.74) is 0.